The molecule has 1 heterocycles. The lowest BCUT2D eigenvalue weighted by atomic mass is 9.99. The molecule has 1 aliphatic carbocycles. The summed E-state index contributed by atoms with van der Waals surface area (Å²) in [6.45, 7) is 0.900. The number of ether oxygens (including phenoxy) is 1. The molecule has 5 N–H and O–H groups in total. The quantitative estimate of drug-likeness (QED) is 0.186. The number of hydrogen-bond acceptors (Lipinski definition) is 5. The number of primary amides is 1. The number of rotatable bonds is 8. The van der Waals surface area contributed by atoms with Gasteiger partial charge in [0.1, 0.15) is 5.75 Å². The number of benzene rings is 4. The second-order valence-corrected chi connectivity index (χ2v) is 12.7. The Kier molecular flexibility index (Phi) is 11.1. The molecule has 2 amide bonds. The van der Waals surface area contributed by atoms with E-state index in [-0.39, 0.29) is 11.6 Å². The van der Waals surface area contributed by atoms with Crippen molar-refractivity contribution in [3.8, 4) is 16.9 Å². The van der Waals surface area contributed by atoms with Crippen LogP contribution < -0.4 is 16.2 Å². The summed E-state index contributed by atoms with van der Waals surface area (Å²) in [7, 11) is 0. The molecule has 1 atom stereocenters. The average Bonchev–Trinajstić information content (AvgIpc) is 3.58. The molecule has 2 fully saturated rings. The lowest BCUT2D eigenvalue weighted by molar-refractivity contribution is -0.140. The minimum Gasteiger partial charge on any atom is -0.490 e. The maximum atomic E-state index is 14.5. The highest BCUT2D eigenvalue weighted by Gasteiger charge is 2.36. The zero-order chi connectivity index (χ0) is 33.6. The number of alkyl halides is 2. The highest BCUT2D eigenvalue weighted by Crippen LogP contribution is 2.34. The minimum absolute atomic E-state index is 0.0555. The zero-order valence-electron chi connectivity index (χ0n) is 26.1. The van der Waals surface area contributed by atoms with Crippen LogP contribution in [0.5, 0.6) is 5.75 Å². The topological polar surface area (TPSA) is 119 Å². The largest absolute Gasteiger partial charge is 0.490 e. The zero-order valence-corrected chi connectivity index (χ0v) is 26.8. The van der Waals surface area contributed by atoms with Crippen molar-refractivity contribution in [2.24, 2.45) is 11.5 Å². The summed E-state index contributed by atoms with van der Waals surface area (Å²) in [6.07, 6.45) is 4.31. The molecule has 4 aromatic rings. The third-order valence-corrected chi connectivity index (χ3v) is 9.03. The van der Waals surface area contributed by atoms with Gasteiger partial charge in [-0.3, -0.25) is 9.59 Å². The molecule has 2 aliphatic rings. The highest BCUT2D eigenvalue weighted by atomic mass is 35.5. The number of carbonyl (C=O) groups excluding carboxylic acids is 2. The number of amides is 2. The van der Waals surface area contributed by atoms with Gasteiger partial charge in [0.2, 0.25) is 5.91 Å². The van der Waals surface area contributed by atoms with Gasteiger partial charge in [-0.25, -0.2) is 8.78 Å². The summed E-state index contributed by atoms with van der Waals surface area (Å²) < 4.78 is 35.0. The van der Waals surface area contributed by atoms with Crippen LogP contribution in [0.2, 0.25) is 5.02 Å². The average molecular weight is 664 g/mol. The van der Waals surface area contributed by atoms with Gasteiger partial charge < -0.3 is 26.2 Å². The number of nitrogens with two attached hydrogens (primary N) is 2. The van der Waals surface area contributed by atoms with Gasteiger partial charge in [0.05, 0.1) is 12.5 Å². The molecular weight excluding hydrogens is 624 g/mol. The minimum atomic E-state index is -3.20. The van der Waals surface area contributed by atoms with Gasteiger partial charge in [-0.15, -0.1) is 0 Å². The van der Waals surface area contributed by atoms with Crippen molar-refractivity contribution in [3.05, 3.63) is 101 Å². The Bertz CT molecular complexity index is 1670. The smallest absolute Gasteiger partial charge is 0.281 e. The number of hydrogen-bond donors (Lipinski definition) is 3. The number of fused-ring (bicyclic) bond motifs is 1. The van der Waals surface area contributed by atoms with Crippen LogP contribution in [0.4, 0.5) is 8.78 Å². The Morgan fingerprint density at radius 2 is 1.45 bits per heavy atom. The molecule has 248 valence electrons. The van der Waals surface area contributed by atoms with E-state index < -0.39 is 30.3 Å². The predicted molar refractivity (Wildman–Crippen MR) is 180 cm³/mol. The Balaban J connectivity index is 0.000000189. The third-order valence-electron chi connectivity index (χ3n) is 8.78. The number of piperidine rings is 1. The van der Waals surface area contributed by atoms with E-state index in [9.17, 15) is 23.5 Å². The number of nitrogens with zero attached hydrogens (tertiary/aromatic N) is 1. The first-order valence-electron chi connectivity index (χ1n) is 15.9. The van der Waals surface area contributed by atoms with Crippen molar-refractivity contribution in [2.75, 3.05) is 13.1 Å². The molecule has 0 spiro atoms. The molecular formula is C37H40ClF2N3O4. The summed E-state index contributed by atoms with van der Waals surface area (Å²) in [6, 6.07) is 24.5. The van der Waals surface area contributed by atoms with Crippen molar-refractivity contribution >= 4 is 34.2 Å². The monoisotopic (exact) mass is 663 g/mol. The molecule has 1 aliphatic heterocycles. The van der Waals surface area contributed by atoms with Crippen LogP contribution >= 0.6 is 11.6 Å². The van der Waals surface area contributed by atoms with E-state index in [1.54, 1.807) is 36.4 Å². The van der Waals surface area contributed by atoms with Crippen LogP contribution in [-0.4, -0.2) is 47.1 Å². The van der Waals surface area contributed by atoms with Crippen LogP contribution in [-0.2, 0) is 15.5 Å². The molecule has 4 aromatic carbocycles. The number of aliphatic hydroxyl groups excluding tert-OH is 1. The SMILES string of the molecule is NC(=O)C(O)c1ccc2cc(OC3CCCC3)ccc2c1.NC1CCN(C(=O)CC(F)(F)c2ccc(-c3ccc(Cl)cc3)cc2)CC1. The first-order chi connectivity index (χ1) is 22.5. The van der Waals surface area contributed by atoms with E-state index in [2.05, 4.69) is 0 Å². The molecule has 1 unspecified atom stereocenters. The molecule has 0 aromatic heterocycles. The van der Waals surface area contributed by atoms with Crippen LogP contribution in [0.3, 0.4) is 0 Å². The second kappa shape index (κ2) is 15.2. The standard InChI is InChI=1S/C20H21ClF2N2O.C17H19NO3/c21-17-7-3-15(4-8-17)14-1-5-16(6-2-14)20(22,23)13-19(26)25-11-9-18(24)10-12-25;18-17(20)16(19)13-6-5-12-10-15(8-7-11(12)9-13)21-14-3-1-2-4-14/h1-8,18H,9-13,24H2;5-10,14,16,19H,1-4H2,(H2,18,20). The lowest BCUT2D eigenvalue weighted by Gasteiger charge is -2.31. The van der Waals surface area contributed by atoms with Gasteiger partial charge in [0.15, 0.2) is 6.10 Å². The first kappa shape index (κ1) is 34.3. The Morgan fingerprint density at radius 1 is 0.872 bits per heavy atom. The van der Waals surface area contributed by atoms with Gasteiger partial charge in [-0.1, -0.05) is 66.2 Å². The number of halogens is 3. The van der Waals surface area contributed by atoms with E-state index in [0.29, 0.717) is 42.6 Å². The van der Waals surface area contributed by atoms with E-state index >= 15 is 0 Å². The number of aliphatic hydroxyl groups is 1. The van der Waals surface area contributed by atoms with E-state index in [1.807, 2.05) is 36.4 Å². The summed E-state index contributed by atoms with van der Waals surface area (Å²) >= 11 is 5.86. The van der Waals surface area contributed by atoms with Crippen LogP contribution in [0, 0.1) is 0 Å². The van der Waals surface area contributed by atoms with Crippen molar-refractivity contribution in [3.63, 3.8) is 0 Å². The second-order valence-electron chi connectivity index (χ2n) is 12.3. The van der Waals surface area contributed by atoms with Crippen LogP contribution in [0.25, 0.3) is 21.9 Å². The van der Waals surface area contributed by atoms with Gasteiger partial charge in [0, 0.05) is 29.7 Å². The summed E-state index contributed by atoms with van der Waals surface area (Å²) in [5.41, 5.74) is 13.0. The van der Waals surface area contributed by atoms with E-state index in [1.165, 1.54) is 29.9 Å². The summed E-state index contributed by atoms with van der Waals surface area (Å²) in [5, 5.41) is 12.3. The van der Waals surface area contributed by atoms with Crippen molar-refractivity contribution in [1.82, 2.24) is 4.90 Å². The highest BCUT2D eigenvalue weighted by molar-refractivity contribution is 6.30. The van der Waals surface area contributed by atoms with E-state index in [0.717, 1.165) is 40.5 Å². The van der Waals surface area contributed by atoms with Gasteiger partial charge >= 0.3 is 0 Å². The fraction of sp³-hybridized carbons (Fsp3) is 0.351. The molecule has 1 saturated heterocycles. The van der Waals surface area contributed by atoms with Gasteiger partial charge in [-0.2, -0.15) is 0 Å². The fourth-order valence-corrected chi connectivity index (χ4v) is 6.08. The third kappa shape index (κ3) is 9.06. The van der Waals surface area contributed by atoms with Gasteiger partial charge in [-0.05, 0) is 96.3 Å². The van der Waals surface area contributed by atoms with Crippen LogP contribution in [0.1, 0.15) is 62.2 Å². The molecule has 10 heteroatoms. The number of likely N-dealkylation sites (tertiary alicyclic amines) is 1. The molecule has 47 heavy (non-hydrogen) atoms. The molecule has 7 nitrogen and oxygen atoms in total. The van der Waals surface area contributed by atoms with Crippen molar-refractivity contribution < 1.29 is 28.2 Å². The fourth-order valence-electron chi connectivity index (χ4n) is 5.95. The van der Waals surface area contributed by atoms with Crippen LogP contribution in [0.15, 0.2) is 84.9 Å². The summed E-state index contributed by atoms with van der Waals surface area (Å²) in [5.74, 6) is -3.59. The number of carbonyl (C=O) groups is 2. The molecule has 6 rings (SSSR count). The molecule has 0 radical (unpaired) electrons. The van der Waals surface area contributed by atoms with Crippen molar-refractivity contribution in [2.45, 2.75) is 69.1 Å². The van der Waals surface area contributed by atoms with Gasteiger partial charge in [0.25, 0.3) is 11.8 Å². The Labute approximate surface area is 278 Å². The molecule has 0 bridgehead atoms. The summed E-state index contributed by atoms with van der Waals surface area (Å²) in [4.78, 5) is 24.7. The first-order valence-corrected chi connectivity index (χ1v) is 16.3. The Morgan fingerprint density at radius 3 is 2.06 bits per heavy atom. The maximum Gasteiger partial charge on any atom is 0.281 e. The predicted octanol–water partition coefficient (Wildman–Crippen LogP) is 7.12. The Hall–Kier alpha value is -4.05. The van der Waals surface area contributed by atoms with E-state index in [4.69, 9.17) is 27.8 Å². The lowest BCUT2D eigenvalue weighted by Crippen LogP contribution is -2.44. The molecule has 1 saturated carbocycles. The maximum absolute atomic E-state index is 14.5. The normalized spacial score (nSPS) is 16.4. The van der Waals surface area contributed by atoms with Crippen molar-refractivity contribution in [1.29, 1.82) is 0 Å².